The highest BCUT2D eigenvalue weighted by Gasteiger charge is 2.17. The van der Waals surface area contributed by atoms with Gasteiger partial charge in [0.1, 0.15) is 6.04 Å². The molecule has 20 heavy (non-hydrogen) atoms. The van der Waals surface area contributed by atoms with Gasteiger partial charge in [-0.25, -0.2) is 4.39 Å². The Morgan fingerprint density at radius 1 is 1.40 bits per heavy atom. The fourth-order valence-corrected chi connectivity index (χ4v) is 1.55. The highest BCUT2D eigenvalue weighted by atomic mass is 19.1. The number of ether oxygens (including phenoxy) is 1. The Kier molecular flexibility index (Phi) is 5.96. The minimum Gasteiger partial charge on any atom is -0.494 e. The number of halogens is 1. The molecule has 1 aromatic rings. The molecule has 0 saturated heterocycles. The maximum absolute atomic E-state index is 13.5. The van der Waals surface area contributed by atoms with Crippen LogP contribution in [-0.2, 0) is 4.79 Å². The van der Waals surface area contributed by atoms with Gasteiger partial charge in [-0.05, 0) is 31.5 Å². The number of hydrogen-bond donors (Lipinski definition) is 2. The summed E-state index contributed by atoms with van der Waals surface area (Å²) in [4.78, 5) is 23.5. The normalized spacial score (nSPS) is 11.6. The van der Waals surface area contributed by atoms with Crippen LogP contribution in [0.15, 0.2) is 18.2 Å². The third-order valence-corrected chi connectivity index (χ3v) is 2.70. The molecule has 0 aliphatic heterocycles. The lowest BCUT2D eigenvalue weighted by Crippen LogP contribution is -2.45. The van der Waals surface area contributed by atoms with Crippen LogP contribution in [0.25, 0.3) is 0 Å². The fourth-order valence-electron chi connectivity index (χ4n) is 1.55. The molecule has 0 spiro atoms. The highest BCUT2D eigenvalue weighted by Crippen LogP contribution is 2.17. The molecule has 2 N–H and O–H groups in total. The van der Waals surface area contributed by atoms with E-state index in [1.165, 1.54) is 19.2 Å². The molecule has 5 nitrogen and oxygen atoms in total. The van der Waals surface area contributed by atoms with Gasteiger partial charge in [-0.3, -0.25) is 9.59 Å². The van der Waals surface area contributed by atoms with Crippen LogP contribution in [0.4, 0.5) is 4.39 Å². The average molecular weight is 282 g/mol. The standard InChI is InChI=1S/C14H19FN2O3/c1-4-7-16-13(18)9(2)17-14(19)10-5-6-12(20-3)11(15)8-10/h5-6,8-9H,4,7H2,1-3H3,(H,16,18)(H,17,19)/t9-/m0/s1. The Balaban J connectivity index is 2.66. The van der Waals surface area contributed by atoms with E-state index in [9.17, 15) is 14.0 Å². The van der Waals surface area contributed by atoms with Crippen molar-refractivity contribution >= 4 is 11.8 Å². The van der Waals surface area contributed by atoms with Crippen molar-refractivity contribution in [2.24, 2.45) is 0 Å². The zero-order valence-electron chi connectivity index (χ0n) is 11.8. The van der Waals surface area contributed by atoms with Crippen LogP contribution in [0.2, 0.25) is 0 Å². The summed E-state index contributed by atoms with van der Waals surface area (Å²) in [6, 6.07) is 3.20. The van der Waals surface area contributed by atoms with Gasteiger partial charge in [0.05, 0.1) is 7.11 Å². The molecule has 6 heteroatoms. The smallest absolute Gasteiger partial charge is 0.252 e. The van der Waals surface area contributed by atoms with Gasteiger partial charge < -0.3 is 15.4 Å². The Bertz CT molecular complexity index is 491. The molecule has 1 aromatic carbocycles. The Labute approximate surface area is 117 Å². The van der Waals surface area contributed by atoms with Crippen molar-refractivity contribution in [3.05, 3.63) is 29.6 Å². The van der Waals surface area contributed by atoms with Gasteiger partial charge in [-0.15, -0.1) is 0 Å². The first kappa shape index (κ1) is 15.9. The van der Waals surface area contributed by atoms with E-state index >= 15 is 0 Å². The third kappa shape index (κ3) is 4.22. The molecule has 1 atom stereocenters. The number of nitrogens with one attached hydrogen (secondary N) is 2. The molecule has 0 bridgehead atoms. The minimum absolute atomic E-state index is 0.0651. The van der Waals surface area contributed by atoms with Gasteiger partial charge in [0.2, 0.25) is 5.91 Å². The predicted molar refractivity (Wildman–Crippen MR) is 73.2 cm³/mol. The maximum Gasteiger partial charge on any atom is 0.252 e. The molecular weight excluding hydrogens is 263 g/mol. The quantitative estimate of drug-likeness (QED) is 0.830. The molecule has 0 aliphatic rings. The molecule has 0 aliphatic carbocycles. The molecular formula is C14H19FN2O3. The molecule has 2 amide bonds. The minimum atomic E-state index is -0.681. The second-order valence-corrected chi connectivity index (χ2v) is 4.34. The summed E-state index contributed by atoms with van der Waals surface area (Å²) < 4.78 is 18.3. The van der Waals surface area contributed by atoms with E-state index in [-0.39, 0.29) is 17.2 Å². The van der Waals surface area contributed by atoms with Crippen LogP contribution >= 0.6 is 0 Å². The maximum atomic E-state index is 13.5. The van der Waals surface area contributed by atoms with Crippen molar-refractivity contribution in [1.29, 1.82) is 0 Å². The topological polar surface area (TPSA) is 67.4 Å². The van der Waals surface area contributed by atoms with Crippen molar-refractivity contribution in [3.63, 3.8) is 0 Å². The van der Waals surface area contributed by atoms with E-state index in [4.69, 9.17) is 4.74 Å². The summed E-state index contributed by atoms with van der Waals surface area (Å²) in [7, 11) is 1.35. The van der Waals surface area contributed by atoms with Crippen LogP contribution in [-0.4, -0.2) is 31.5 Å². The Morgan fingerprint density at radius 3 is 2.65 bits per heavy atom. The number of benzene rings is 1. The van der Waals surface area contributed by atoms with Gasteiger partial charge in [0, 0.05) is 12.1 Å². The van der Waals surface area contributed by atoms with Gasteiger partial charge in [-0.2, -0.15) is 0 Å². The molecule has 0 heterocycles. The van der Waals surface area contributed by atoms with Gasteiger partial charge in [-0.1, -0.05) is 6.92 Å². The van der Waals surface area contributed by atoms with E-state index in [0.717, 1.165) is 12.5 Å². The van der Waals surface area contributed by atoms with E-state index in [1.807, 2.05) is 6.92 Å². The monoisotopic (exact) mass is 282 g/mol. The molecule has 0 unspecified atom stereocenters. The number of carbonyl (C=O) groups is 2. The first-order valence-corrected chi connectivity index (χ1v) is 6.41. The van der Waals surface area contributed by atoms with Crippen molar-refractivity contribution < 1.29 is 18.7 Å². The van der Waals surface area contributed by atoms with Crippen LogP contribution in [0.3, 0.4) is 0 Å². The number of methoxy groups -OCH3 is 1. The number of hydrogen-bond acceptors (Lipinski definition) is 3. The first-order chi connectivity index (χ1) is 9.49. The zero-order chi connectivity index (χ0) is 15.1. The van der Waals surface area contributed by atoms with E-state index in [1.54, 1.807) is 6.92 Å². The number of carbonyl (C=O) groups excluding carboxylic acids is 2. The lowest BCUT2D eigenvalue weighted by molar-refractivity contribution is -0.122. The van der Waals surface area contributed by atoms with Crippen molar-refractivity contribution in [2.45, 2.75) is 26.3 Å². The van der Waals surface area contributed by atoms with Crippen LogP contribution in [0, 0.1) is 5.82 Å². The van der Waals surface area contributed by atoms with Crippen LogP contribution in [0.1, 0.15) is 30.6 Å². The molecule has 0 radical (unpaired) electrons. The molecule has 1 rings (SSSR count). The summed E-state index contributed by atoms with van der Waals surface area (Å²) in [5.41, 5.74) is 0.137. The summed E-state index contributed by atoms with van der Waals surface area (Å²) in [5, 5.41) is 5.18. The summed E-state index contributed by atoms with van der Waals surface area (Å²) in [5.74, 6) is -1.33. The van der Waals surface area contributed by atoms with E-state index < -0.39 is 17.8 Å². The van der Waals surface area contributed by atoms with Crippen LogP contribution in [0.5, 0.6) is 5.75 Å². The Hall–Kier alpha value is -2.11. The van der Waals surface area contributed by atoms with Crippen molar-refractivity contribution in [2.75, 3.05) is 13.7 Å². The SMILES string of the molecule is CCCNC(=O)[C@H](C)NC(=O)c1ccc(OC)c(F)c1. The Morgan fingerprint density at radius 2 is 2.10 bits per heavy atom. The second-order valence-electron chi connectivity index (χ2n) is 4.34. The van der Waals surface area contributed by atoms with Gasteiger partial charge in [0.15, 0.2) is 11.6 Å². The van der Waals surface area contributed by atoms with Crippen LogP contribution < -0.4 is 15.4 Å². The molecule has 0 aromatic heterocycles. The second kappa shape index (κ2) is 7.47. The van der Waals surface area contributed by atoms with E-state index in [2.05, 4.69) is 10.6 Å². The lowest BCUT2D eigenvalue weighted by Gasteiger charge is -2.14. The number of rotatable bonds is 6. The lowest BCUT2D eigenvalue weighted by atomic mass is 10.2. The largest absolute Gasteiger partial charge is 0.494 e. The highest BCUT2D eigenvalue weighted by molar-refractivity contribution is 5.97. The molecule has 0 fully saturated rings. The predicted octanol–water partition coefficient (Wildman–Crippen LogP) is 1.48. The van der Waals surface area contributed by atoms with Crippen molar-refractivity contribution in [1.82, 2.24) is 10.6 Å². The van der Waals surface area contributed by atoms with Gasteiger partial charge >= 0.3 is 0 Å². The molecule has 110 valence electrons. The molecule has 0 saturated carbocycles. The fraction of sp³-hybridized carbons (Fsp3) is 0.429. The summed E-state index contributed by atoms with van der Waals surface area (Å²) in [6.07, 6.45) is 0.816. The zero-order valence-corrected chi connectivity index (χ0v) is 11.8. The number of amides is 2. The first-order valence-electron chi connectivity index (χ1n) is 6.41. The average Bonchev–Trinajstić information content (AvgIpc) is 2.44. The van der Waals surface area contributed by atoms with Gasteiger partial charge in [0.25, 0.3) is 5.91 Å². The summed E-state index contributed by atoms with van der Waals surface area (Å²) in [6.45, 7) is 4.06. The van der Waals surface area contributed by atoms with E-state index in [0.29, 0.717) is 6.54 Å². The third-order valence-electron chi connectivity index (χ3n) is 2.70. The van der Waals surface area contributed by atoms with Crippen molar-refractivity contribution in [3.8, 4) is 5.75 Å². The summed E-state index contributed by atoms with van der Waals surface area (Å²) >= 11 is 0.